The number of nitrogens with zero attached hydrogens (tertiary/aromatic N) is 3. The number of benzene rings is 1. The van der Waals surface area contributed by atoms with Crippen LogP contribution in [0.15, 0.2) is 34.1 Å². The highest BCUT2D eigenvalue weighted by molar-refractivity contribution is 5.87. The van der Waals surface area contributed by atoms with Crippen molar-refractivity contribution in [3.8, 4) is 17.7 Å². The highest BCUT2D eigenvalue weighted by Gasteiger charge is 2.18. The van der Waals surface area contributed by atoms with Crippen LogP contribution in [-0.2, 0) is 6.54 Å². The Morgan fingerprint density at radius 1 is 1.36 bits per heavy atom. The number of hydrogen-bond donors (Lipinski definition) is 1. The van der Waals surface area contributed by atoms with Gasteiger partial charge in [0.15, 0.2) is 0 Å². The van der Waals surface area contributed by atoms with Crippen LogP contribution < -0.4 is 10.3 Å². The van der Waals surface area contributed by atoms with Gasteiger partial charge >= 0.3 is 0 Å². The van der Waals surface area contributed by atoms with Crippen LogP contribution in [0.1, 0.15) is 30.5 Å². The van der Waals surface area contributed by atoms with Crippen molar-refractivity contribution < 1.29 is 9.84 Å². The lowest BCUT2D eigenvalue weighted by Gasteiger charge is -2.15. The Labute approximate surface area is 146 Å². The van der Waals surface area contributed by atoms with Crippen molar-refractivity contribution in [3.63, 3.8) is 0 Å². The highest BCUT2D eigenvalue weighted by atomic mass is 16.5. The molecule has 1 N–H and O–H groups in total. The fraction of sp³-hybridized carbons (Fsp3) is 0.316. The number of nitriles is 1. The van der Waals surface area contributed by atoms with E-state index in [9.17, 15) is 15.2 Å². The van der Waals surface area contributed by atoms with Gasteiger partial charge in [0.2, 0.25) is 5.88 Å². The molecule has 2 aromatic rings. The number of ether oxygens (including phenoxy) is 1. The third kappa shape index (κ3) is 3.89. The second-order valence-electron chi connectivity index (χ2n) is 6.11. The summed E-state index contributed by atoms with van der Waals surface area (Å²) >= 11 is 0. The van der Waals surface area contributed by atoms with Crippen LogP contribution in [-0.4, -0.2) is 23.0 Å². The van der Waals surface area contributed by atoms with Crippen LogP contribution in [0, 0.1) is 24.2 Å². The van der Waals surface area contributed by atoms with E-state index in [1.54, 1.807) is 38.3 Å². The first-order valence-corrected chi connectivity index (χ1v) is 7.93. The Morgan fingerprint density at radius 2 is 2.00 bits per heavy atom. The van der Waals surface area contributed by atoms with Gasteiger partial charge in [-0.15, -0.1) is 0 Å². The maximum atomic E-state index is 12.4. The lowest BCUT2D eigenvalue weighted by molar-refractivity contribution is 0.381. The topological polar surface area (TPSA) is 87.6 Å². The van der Waals surface area contributed by atoms with Crippen LogP contribution in [0.4, 0.5) is 5.69 Å². The van der Waals surface area contributed by atoms with Crippen molar-refractivity contribution >= 4 is 11.9 Å². The van der Waals surface area contributed by atoms with E-state index in [1.165, 1.54) is 10.8 Å². The minimum absolute atomic E-state index is 0.0228. The third-order valence-electron chi connectivity index (χ3n) is 3.81. The summed E-state index contributed by atoms with van der Waals surface area (Å²) in [5.74, 6) is 0.687. The Balaban J connectivity index is 2.54. The second kappa shape index (κ2) is 7.67. The fourth-order valence-corrected chi connectivity index (χ4v) is 2.47. The van der Waals surface area contributed by atoms with E-state index in [1.807, 2.05) is 19.9 Å². The van der Waals surface area contributed by atoms with Crippen LogP contribution in [0.2, 0.25) is 0 Å². The summed E-state index contributed by atoms with van der Waals surface area (Å²) in [7, 11) is 1.58. The molecule has 0 saturated carbocycles. The first kappa shape index (κ1) is 18.3. The predicted octanol–water partition coefficient (Wildman–Crippen LogP) is 3.15. The van der Waals surface area contributed by atoms with E-state index in [2.05, 4.69) is 4.99 Å². The largest absolute Gasteiger partial charge is 0.497 e. The first-order chi connectivity index (χ1) is 11.9. The van der Waals surface area contributed by atoms with E-state index in [0.717, 1.165) is 5.75 Å². The van der Waals surface area contributed by atoms with Gasteiger partial charge < -0.3 is 9.84 Å². The Hall–Kier alpha value is -3.07. The van der Waals surface area contributed by atoms with Gasteiger partial charge in [-0.05, 0) is 42.7 Å². The first-order valence-electron chi connectivity index (χ1n) is 7.93. The normalized spacial score (nSPS) is 11.0. The van der Waals surface area contributed by atoms with Crippen molar-refractivity contribution in [1.29, 1.82) is 5.26 Å². The standard InChI is InChI=1S/C19H21N3O3/c1-12(2)11-22-18(23)16(9-20)13(3)17(19(22)24)10-21-14-5-7-15(25-4)8-6-14/h5-8,10,12,24H,11H2,1-4H3. The zero-order chi connectivity index (χ0) is 18.6. The summed E-state index contributed by atoms with van der Waals surface area (Å²) in [5.41, 5.74) is 0.997. The minimum Gasteiger partial charge on any atom is -0.497 e. The van der Waals surface area contributed by atoms with Crippen molar-refractivity contribution in [2.45, 2.75) is 27.3 Å². The molecule has 0 spiro atoms. The van der Waals surface area contributed by atoms with E-state index in [-0.39, 0.29) is 17.4 Å². The zero-order valence-electron chi connectivity index (χ0n) is 14.8. The molecule has 2 rings (SSSR count). The van der Waals surface area contributed by atoms with Gasteiger partial charge in [-0.2, -0.15) is 5.26 Å². The molecule has 0 aliphatic carbocycles. The van der Waals surface area contributed by atoms with Crippen LogP contribution in [0.5, 0.6) is 11.6 Å². The van der Waals surface area contributed by atoms with E-state index < -0.39 is 5.56 Å². The zero-order valence-corrected chi connectivity index (χ0v) is 14.8. The second-order valence-corrected chi connectivity index (χ2v) is 6.11. The molecule has 6 nitrogen and oxygen atoms in total. The lowest BCUT2D eigenvalue weighted by atomic mass is 10.1. The van der Waals surface area contributed by atoms with Gasteiger partial charge in [0, 0.05) is 12.8 Å². The predicted molar refractivity (Wildman–Crippen MR) is 96.9 cm³/mol. The number of aromatic hydroxyl groups is 1. The Kier molecular flexibility index (Phi) is 5.60. The third-order valence-corrected chi connectivity index (χ3v) is 3.81. The summed E-state index contributed by atoms with van der Waals surface area (Å²) in [4.78, 5) is 16.7. The number of methoxy groups -OCH3 is 1. The average Bonchev–Trinajstić information content (AvgIpc) is 2.59. The molecule has 0 amide bonds. The molecule has 6 heteroatoms. The molecule has 25 heavy (non-hydrogen) atoms. The molecule has 0 fully saturated rings. The SMILES string of the molecule is COc1ccc(N=Cc2c(C)c(C#N)c(=O)n(CC(C)C)c2O)cc1. The monoisotopic (exact) mass is 339 g/mol. The Morgan fingerprint density at radius 3 is 2.52 bits per heavy atom. The molecule has 0 saturated heterocycles. The molecule has 0 aliphatic rings. The van der Waals surface area contributed by atoms with Gasteiger partial charge in [0.05, 0.1) is 18.4 Å². The van der Waals surface area contributed by atoms with E-state index in [4.69, 9.17) is 4.74 Å². The average molecular weight is 339 g/mol. The molecule has 0 radical (unpaired) electrons. The number of rotatable bonds is 5. The maximum Gasteiger partial charge on any atom is 0.271 e. The van der Waals surface area contributed by atoms with Gasteiger partial charge in [-0.3, -0.25) is 14.4 Å². The van der Waals surface area contributed by atoms with E-state index >= 15 is 0 Å². The molecule has 0 aliphatic heterocycles. The molecular formula is C19H21N3O3. The lowest BCUT2D eigenvalue weighted by Crippen LogP contribution is -2.27. The van der Waals surface area contributed by atoms with Gasteiger partial charge in [-0.25, -0.2) is 0 Å². The summed E-state index contributed by atoms with van der Waals surface area (Å²) in [6.45, 7) is 5.82. The molecule has 130 valence electrons. The van der Waals surface area contributed by atoms with Crippen molar-refractivity contribution in [3.05, 3.63) is 51.3 Å². The van der Waals surface area contributed by atoms with Crippen molar-refractivity contribution in [2.24, 2.45) is 10.9 Å². The quantitative estimate of drug-likeness (QED) is 0.848. The van der Waals surface area contributed by atoms with Crippen molar-refractivity contribution in [1.82, 2.24) is 4.57 Å². The molecule has 1 aromatic carbocycles. The van der Waals surface area contributed by atoms with Crippen molar-refractivity contribution in [2.75, 3.05) is 7.11 Å². The molecular weight excluding hydrogens is 318 g/mol. The fourth-order valence-electron chi connectivity index (χ4n) is 2.47. The number of hydrogen-bond acceptors (Lipinski definition) is 5. The van der Waals surface area contributed by atoms with E-state index in [0.29, 0.717) is 23.4 Å². The summed E-state index contributed by atoms with van der Waals surface area (Å²) in [6, 6.07) is 9.04. The van der Waals surface area contributed by atoms with Crippen LogP contribution in [0.25, 0.3) is 0 Å². The molecule has 1 aromatic heterocycles. The molecule has 0 unspecified atom stereocenters. The van der Waals surface area contributed by atoms with Gasteiger partial charge in [0.1, 0.15) is 17.4 Å². The number of aromatic nitrogens is 1. The number of aliphatic imine (C=N–C) groups is 1. The highest BCUT2D eigenvalue weighted by Crippen LogP contribution is 2.23. The minimum atomic E-state index is -0.479. The molecule has 1 heterocycles. The molecule has 0 bridgehead atoms. The maximum absolute atomic E-state index is 12.4. The van der Waals surface area contributed by atoms with Gasteiger partial charge in [0.25, 0.3) is 5.56 Å². The van der Waals surface area contributed by atoms with Crippen LogP contribution in [0.3, 0.4) is 0 Å². The summed E-state index contributed by atoms with van der Waals surface area (Å²) < 4.78 is 6.33. The molecule has 0 atom stereocenters. The summed E-state index contributed by atoms with van der Waals surface area (Å²) in [5, 5.41) is 19.8. The summed E-state index contributed by atoms with van der Waals surface area (Å²) in [6.07, 6.45) is 1.48. The smallest absolute Gasteiger partial charge is 0.271 e. The Bertz CT molecular complexity index is 888. The van der Waals surface area contributed by atoms with Crippen LogP contribution >= 0.6 is 0 Å². The van der Waals surface area contributed by atoms with Gasteiger partial charge in [-0.1, -0.05) is 13.8 Å². The number of pyridine rings is 1.